The fourth-order valence-corrected chi connectivity index (χ4v) is 1.72. The van der Waals surface area contributed by atoms with Crippen LogP contribution in [0.25, 0.3) is 0 Å². The lowest BCUT2D eigenvalue weighted by molar-refractivity contribution is 0.109. The van der Waals surface area contributed by atoms with Crippen molar-refractivity contribution in [2.24, 2.45) is 11.8 Å². The van der Waals surface area contributed by atoms with Crippen molar-refractivity contribution in [3.05, 3.63) is 0 Å². The maximum atomic E-state index is 5.64. The lowest BCUT2D eigenvalue weighted by atomic mass is 10.0. The van der Waals surface area contributed by atoms with Crippen LogP contribution in [0, 0.1) is 11.8 Å². The van der Waals surface area contributed by atoms with E-state index in [-0.39, 0.29) is 0 Å². The predicted octanol–water partition coefficient (Wildman–Crippen LogP) is 3.07. The molecule has 0 saturated heterocycles. The SMILES string of the molecule is CCCC(CCOCCC(C)C)CNC. The molecular weight excluding hydrogens is 186 g/mol. The molecule has 0 aromatic rings. The van der Waals surface area contributed by atoms with Crippen LogP contribution < -0.4 is 5.32 Å². The summed E-state index contributed by atoms with van der Waals surface area (Å²) in [7, 11) is 2.03. The molecule has 0 spiro atoms. The molecule has 2 nitrogen and oxygen atoms in total. The molecule has 0 aliphatic heterocycles. The van der Waals surface area contributed by atoms with Gasteiger partial charge in [0, 0.05) is 13.2 Å². The van der Waals surface area contributed by atoms with E-state index >= 15 is 0 Å². The number of hydrogen-bond donors (Lipinski definition) is 1. The fraction of sp³-hybridized carbons (Fsp3) is 1.00. The Morgan fingerprint density at radius 2 is 1.73 bits per heavy atom. The zero-order chi connectivity index (χ0) is 11.5. The highest BCUT2D eigenvalue weighted by Gasteiger charge is 2.06. The molecule has 92 valence electrons. The average Bonchev–Trinajstić information content (AvgIpc) is 2.17. The molecule has 0 radical (unpaired) electrons. The molecule has 0 aliphatic carbocycles. The Hall–Kier alpha value is -0.0800. The summed E-state index contributed by atoms with van der Waals surface area (Å²) < 4.78 is 5.64. The van der Waals surface area contributed by atoms with Crippen LogP contribution in [0.5, 0.6) is 0 Å². The van der Waals surface area contributed by atoms with Gasteiger partial charge in [0.25, 0.3) is 0 Å². The van der Waals surface area contributed by atoms with Gasteiger partial charge >= 0.3 is 0 Å². The van der Waals surface area contributed by atoms with Crippen molar-refractivity contribution in [2.75, 3.05) is 26.8 Å². The molecule has 0 heterocycles. The lowest BCUT2D eigenvalue weighted by Gasteiger charge is -2.15. The summed E-state index contributed by atoms with van der Waals surface area (Å²) in [6.07, 6.45) is 4.98. The van der Waals surface area contributed by atoms with Gasteiger partial charge in [-0.3, -0.25) is 0 Å². The van der Waals surface area contributed by atoms with E-state index in [0.717, 1.165) is 31.6 Å². The van der Waals surface area contributed by atoms with Gasteiger partial charge in [0.15, 0.2) is 0 Å². The second-order valence-corrected chi connectivity index (χ2v) is 4.80. The molecule has 1 unspecified atom stereocenters. The summed E-state index contributed by atoms with van der Waals surface area (Å²) in [5.41, 5.74) is 0. The molecule has 0 bridgehead atoms. The minimum absolute atomic E-state index is 0.758. The van der Waals surface area contributed by atoms with E-state index in [1.54, 1.807) is 0 Å². The van der Waals surface area contributed by atoms with Crippen LogP contribution >= 0.6 is 0 Å². The van der Waals surface area contributed by atoms with Crippen LogP contribution in [0.3, 0.4) is 0 Å². The second-order valence-electron chi connectivity index (χ2n) is 4.80. The van der Waals surface area contributed by atoms with Crippen molar-refractivity contribution in [3.8, 4) is 0 Å². The van der Waals surface area contributed by atoms with Gasteiger partial charge in [-0.25, -0.2) is 0 Å². The normalized spacial score (nSPS) is 13.4. The third-order valence-corrected chi connectivity index (χ3v) is 2.70. The Bertz CT molecular complexity index is 120. The summed E-state index contributed by atoms with van der Waals surface area (Å²) in [4.78, 5) is 0. The summed E-state index contributed by atoms with van der Waals surface area (Å²) >= 11 is 0. The van der Waals surface area contributed by atoms with E-state index in [0.29, 0.717) is 0 Å². The van der Waals surface area contributed by atoms with Gasteiger partial charge in [-0.2, -0.15) is 0 Å². The molecule has 0 rings (SSSR count). The Morgan fingerprint density at radius 1 is 1.07 bits per heavy atom. The van der Waals surface area contributed by atoms with Gasteiger partial charge < -0.3 is 10.1 Å². The first-order chi connectivity index (χ1) is 7.20. The highest BCUT2D eigenvalue weighted by molar-refractivity contribution is 4.60. The topological polar surface area (TPSA) is 21.3 Å². The van der Waals surface area contributed by atoms with Gasteiger partial charge in [-0.05, 0) is 44.7 Å². The predicted molar refractivity (Wildman–Crippen MR) is 67.2 cm³/mol. The molecule has 15 heavy (non-hydrogen) atoms. The number of rotatable bonds is 10. The van der Waals surface area contributed by atoms with E-state index in [4.69, 9.17) is 4.74 Å². The first kappa shape index (κ1) is 14.9. The molecule has 1 N–H and O–H groups in total. The van der Waals surface area contributed by atoms with Gasteiger partial charge in [0.1, 0.15) is 0 Å². The molecule has 1 atom stereocenters. The molecule has 0 aliphatic rings. The van der Waals surface area contributed by atoms with E-state index in [1.165, 1.54) is 25.7 Å². The molecule has 0 amide bonds. The maximum Gasteiger partial charge on any atom is 0.0469 e. The van der Waals surface area contributed by atoms with Crippen molar-refractivity contribution in [1.29, 1.82) is 0 Å². The number of ether oxygens (including phenoxy) is 1. The van der Waals surface area contributed by atoms with Crippen molar-refractivity contribution in [3.63, 3.8) is 0 Å². The zero-order valence-corrected chi connectivity index (χ0v) is 11.0. The molecule has 0 aromatic heterocycles. The Labute approximate surface area is 95.8 Å². The van der Waals surface area contributed by atoms with Crippen LogP contribution in [0.15, 0.2) is 0 Å². The van der Waals surface area contributed by atoms with Crippen LogP contribution in [0.1, 0.15) is 46.5 Å². The Morgan fingerprint density at radius 3 is 2.27 bits per heavy atom. The minimum atomic E-state index is 0.758. The summed E-state index contributed by atoms with van der Waals surface area (Å²) in [5, 5.41) is 3.26. The Kier molecular flexibility index (Phi) is 10.4. The van der Waals surface area contributed by atoms with Crippen LogP contribution in [-0.2, 0) is 4.74 Å². The van der Waals surface area contributed by atoms with Crippen molar-refractivity contribution in [2.45, 2.75) is 46.5 Å². The zero-order valence-electron chi connectivity index (χ0n) is 11.0. The molecule has 0 aromatic carbocycles. The summed E-state index contributed by atoms with van der Waals surface area (Å²) in [5.74, 6) is 1.55. The van der Waals surface area contributed by atoms with Crippen LogP contribution in [0.4, 0.5) is 0 Å². The van der Waals surface area contributed by atoms with E-state index < -0.39 is 0 Å². The lowest BCUT2D eigenvalue weighted by Crippen LogP contribution is -2.20. The van der Waals surface area contributed by atoms with Crippen molar-refractivity contribution >= 4 is 0 Å². The molecule has 2 heteroatoms. The van der Waals surface area contributed by atoms with E-state index in [1.807, 2.05) is 7.05 Å². The largest absolute Gasteiger partial charge is 0.381 e. The number of hydrogen-bond acceptors (Lipinski definition) is 2. The maximum absolute atomic E-state index is 5.64. The third-order valence-electron chi connectivity index (χ3n) is 2.70. The molecular formula is C13H29NO. The van der Waals surface area contributed by atoms with E-state index in [9.17, 15) is 0 Å². The van der Waals surface area contributed by atoms with Gasteiger partial charge in [-0.1, -0.05) is 27.2 Å². The third kappa shape index (κ3) is 10.2. The summed E-state index contributed by atoms with van der Waals surface area (Å²) in [6, 6.07) is 0. The van der Waals surface area contributed by atoms with Crippen LogP contribution in [-0.4, -0.2) is 26.8 Å². The molecule has 0 saturated carbocycles. The summed E-state index contributed by atoms with van der Waals surface area (Å²) in [6.45, 7) is 9.72. The fourth-order valence-electron chi connectivity index (χ4n) is 1.72. The van der Waals surface area contributed by atoms with Crippen molar-refractivity contribution in [1.82, 2.24) is 5.32 Å². The first-order valence-electron chi connectivity index (χ1n) is 6.43. The monoisotopic (exact) mass is 215 g/mol. The van der Waals surface area contributed by atoms with Gasteiger partial charge in [-0.15, -0.1) is 0 Å². The highest BCUT2D eigenvalue weighted by atomic mass is 16.5. The second kappa shape index (κ2) is 10.4. The molecule has 0 fully saturated rings. The first-order valence-corrected chi connectivity index (χ1v) is 6.43. The average molecular weight is 215 g/mol. The smallest absolute Gasteiger partial charge is 0.0469 e. The highest BCUT2D eigenvalue weighted by Crippen LogP contribution is 2.10. The number of nitrogens with one attached hydrogen (secondary N) is 1. The Balaban J connectivity index is 3.36. The van der Waals surface area contributed by atoms with Crippen molar-refractivity contribution < 1.29 is 4.74 Å². The minimum Gasteiger partial charge on any atom is -0.381 e. The quantitative estimate of drug-likeness (QED) is 0.565. The standard InChI is InChI=1S/C13H29NO/c1-5-6-13(11-14-4)8-10-15-9-7-12(2)3/h12-14H,5-11H2,1-4H3. The van der Waals surface area contributed by atoms with Crippen LogP contribution in [0.2, 0.25) is 0 Å². The van der Waals surface area contributed by atoms with Gasteiger partial charge in [0.2, 0.25) is 0 Å². The van der Waals surface area contributed by atoms with E-state index in [2.05, 4.69) is 26.1 Å². The van der Waals surface area contributed by atoms with Gasteiger partial charge in [0.05, 0.1) is 0 Å².